The molecule has 1 heterocycles. The average molecular weight is 302 g/mol. The number of rotatable bonds is 3. The van der Waals surface area contributed by atoms with Crippen molar-refractivity contribution in [1.82, 2.24) is 9.97 Å². The Morgan fingerprint density at radius 3 is 2.79 bits per heavy atom. The third-order valence-corrected chi connectivity index (χ3v) is 4.79. The number of hydrogen-bond acceptors (Lipinski definition) is 5. The first-order chi connectivity index (χ1) is 8.97. The fourth-order valence-corrected chi connectivity index (χ4v) is 4.20. The molecule has 7 heteroatoms. The number of nitro groups is 1. The normalized spacial score (nSPS) is 23.3. The monoisotopic (exact) mass is 301 g/mol. The topological polar surface area (TPSA) is 68.9 Å². The van der Waals surface area contributed by atoms with E-state index in [4.69, 9.17) is 11.6 Å². The Morgan fingerprint density at radius 1 is 1.42 bits per heavy atom. The van der Waals surface area contributed by atoms with E-state index in [0.29, 0.717) is 21.9 Å². The van der Waals surface area contributed by atoms with Crippen LogP contribution in [0.5, 0.6) is 0 Å². The van der Waals surface area contributed by atoms with E-state index in [1.807, 2.05) is 0 Å². The van der Waals surface area contributed by atoms with Crippen LogP contribution in [-0.4, -0.2) is 20.1 Å². The summed E-state index contributed by atoms with van der Waals surface area (Å²) in [6.45, 7) is 3.82. The zero-order chi connectivity index (χ0) is 14.0. The van der Waals surface area contributed by atoms with E-state index in [1.165, 1.54) is 24.6 Å². The first-order valence-corrected chi connectivity index (χ1v) is 7.58. The molecule has 0 aromatic carbocycles. The van der Waals surface area contributed by atoms with E-state index in [9.17, 15) is 10.1 Å². The molecule has 104 valence electrons. The molecule has 0 aliphatic heterocycles. The van der Waals surface area contributed by atoms with Crippen LogP contribution in [0.4, 0.5) is 5.69 Å². The lowest BCUT2D eigenvalue weighted by Crippen LogP contribution is -2.15. The van der Waals surface area contributed by atoms with E-state index < -0.39 is 4.92 Å². The molecule has 0 spiro atoms. The minimum Gasteiger partial charge on any atom is -0.258 e. The zero-order valence-electron chi connectivity index (χ0n) is 10.9. The number of nitrogens with zero attached hydrogens (tertiary/aromatic N) is 3. The van der Waals surface area contributed by atoms with Gasteiger partial charge in [0.1, 0.15) is 5.69 Å². The molecule has 0 N–H and O–H groups in total. The molecule has 1 aliphatic rings. The number of aromatic nitrogens is 2. The Hall–Kier alpha value is -0.880. The molecule has 1 fully saturated rings. The number of aryl methyl sites for hydroxylation is 1. The van der Waals surface area contributed by atoms with Gasteiger partial charge in [0.05, 0.1) is 4.92 Å². The van der Waals surface area contributed by atoms with Crippen molar-refractivity contribution >= 4 is 29.1 Å². The summed E-state index contributed by atoms with van der Waals surface area (Å²) in [5, 5.41) is 12.0. The number of thioether (sulfide) groups is 1. The molecule has 1 aliphatic carbocycles. The van der Waals surface area contributed by atoms with Crippen LogP contribution < -0.4 is 0 Å². The minimum absolute atomic E-state index is 0.00683. The lowest BCUT2D eigenvalue weighted by molar-refractivity contribution is -0.389. The summed E-state index contributed by atoms with van der Waals surface area (Å²) in [6, 6.07) is 0. The van der Waals surface area contributed by atoms with Crippen LogP contribution in [0.25, 0.3) is 0 Å². The minimum atomic E-state index is -0.416. The third-order valence-electron chi connectivity index (χ3n) is 3.35. The molecular formula is C12H16ClN3O2S. The van der Waals surface area contributed by atoms with Crippen molar-refractivity contribution in [3.63, 3.8) is 0 Å². The maximum atomic E-state index is 11.1. The average Bonchev–Trinajstić information content (AvgIpc) is 2.26. The van der Waals surface area contributed by atoms with Gasteiger partial charge in [0.25, 0.3) is 0 Å². The van der Waals surface area contributed by atoms with E-state index in [1.54, 1.807) is 6.92 Å². The molecule has 1 aromatic heterocycles. The Kier molecular flexibility index (Phi) is 4.62. The summed E-state index contributed by atoms with van der Waals surface area (Å²) in [7, 11) is 0. The van der Waals surface area contributed by atoms with E-state index in [2.05, 4.69) is 16.9 Å². The molecule has 5 nitrogen and oxygen atoms in total. The maximum absolute atomic E-state index is 11.1. The van der Waals surface area contributed by atoms with Crippen molar-refractivity contribution in [2.24, 2.45) is 5.92 Å². The van der Waals surface area contributed by atoms with Crippen LogP contribution in [0, 0.1) is 23.0 Å². The fourth-order valence-electron chi connectivity index (χ4n) is 2.44. The summed E-state index contributed by atoms with van der Waals surface area (Å²) >= 11 is 7.29. The standard InChI is InChI=1S/C12H16ClN3O2S/c1-7-4-3-5-9(6-7)19-11-10(16(17)18)8(2)14-12(13)15-11/h7,9H,3-6H2,1-2H3. The second kappa shape index (κ2) is 6.05. The van der Waals surface area contributed by atoms with Gasteiger partial charge in [0.2, 0.25) is 5.28 Å². The van der Waals surface area contributed by atoms with Gasteiger partial charge in [-0.05, 0) is 37.3 Å². The van der Waals surface area contributed by atoms with Gasteiger partial charge in [-0.25, -0.2) is 9.97 Å². The molecule has 2 atom stereocenters. The molecular weight excluding hydrogens is 286 g/mol. The van der Waals surface area contributed by atoms with Crippen LogP contribution in [-0.2, 0) is 0 Å². The van der Waals surface area contributed by atoms with Crippen LogP contribution in [0.3, 0.4) is 0 Å². The number of hydrogen-bond donors (Lipinski definition) is 0. The summed E-state index contributed by atoms with van der Waals surface area (Å²) in [5.41, 5.74) is 0.323. The Labute approximate surface area is 121 Å². The van der Waals surface area contributed by atoms with Gasteiger partial charge in [-0.3, -0.25) is 10.1 Å². The highest BCUT2D eigenvalue weighted by Crippen LogP contribution is 2.39. The molecule has 2 unspecified atom stereocenters. The van der Waals surface area contributed by atoms with Crippen molar-refractivity contribution < 1.29 is 4.92 Å². The zero-order valence-corrected chi connectivity index (χ0v) is 12.5. The van der Waals surface area contributed by atoms with Gasteiger partial charge in [-0.15, -0.1) is 0 Å². The van der Waals surface area contributed by atoms with Crippen molar-refractivity contribution in [1.29, 1.82) is 0 Å². The predicted molar refractivity (Wildman–Crippen MR) is 75.7 cm³/mol. The maximum Gasteiger partial charge on any atom is 0.322 e. The van der Waals surface area contributed by atoms with Crippen molar-refractivity contribution in [3.8, 4) is 0 Å². The van der Waals surface area contributed by atoms with E-state index in [-0.39, 0.29) is 11.0 Å². The summed E-state index contributed by atoms with van der Waals surface area (Å²) in [4.78, 5) is 18.6. The van der Waals surface area contributed by atoms with Crippen molar-refractivity contribution in [2.75, 3.05) is 0 Å². The van der Waals surface area contributed by atoms with Crippen LogP contribution in [0.1, 0.15) is 38.3 Å². The molecule has 0 amide bonds. The highest BCUT2D eigenvalue weighted by molar-refractivity contribution is 8.00. The van der Waals surface area contributed by atoms with Gasteiger partial charge in [-0.1, -0.05) is 31.5 Å². The molecule has 1 aromatic rings. The first kappa shape index (κ1) is 14.5. The van der Waals surface area contributed by atoms with Crippen molar-refractivity contribution in [3.05, 3.63) is 21.1 Å². The molecule has 0 radical (unpaired) electrons. The largest absolute Gasteiger partial charge is 0.322 e. The summed E-state index contributed by atoms with van der Waals surface area (Å²) < 4.78 is 0. The van der Waals surface area contributed by atoms with Crippen LogP contribution in [0.15, 0.2) is 5.03 Å². The summed E-state index contributed by atoms with van der Waals surface area (Å²) in [6.07, 6.45) is 4.56. The number of halogens is 1. The highest BCUT2D eigenvalue weighted by Gasteiger charge is 2.27. The molecule has 2 rings (SSSR count). The predicted octanol–water partition coefficient (Wildman–Crippen LogP) is 4.02. The van der Waals surface area contributed by atoms with Crippen LogP contribution >= 0.6 is 23.4 Å². The third kappa shape index (κ3) is 3.57. The second-order valence-electron chi connectivity index (χ2n) is 5.00. The van der Waals surface area contributed by atoms with Gasteiger partial charge >= 0.3 is 5.69 Å². The van der Waals surface area contributed by atoms with Gasteiger partial charge in [0, 0.05) is 5.25 Å². The Morgan fingerprint density at radius 2 is 2.16 bits per heavy atom. The van der Waals surface area contributed by atoms with E-state index in [0.717, 1.165) is 12.8 Å². The van der Waals surface area contributed by atoms with E-state index >= 15 is 0 Å². The van der Waals surface area contributed by atoms with Gasteiger partial charge < -0.3 is 0 Å². The molecule has 19 heavy (non-hydrogen) atoms. The van der Waals surface area contributed by atoms with Crippen molar-refractivity contribution in [2.45, 2.75) is 49.8 Å². The fraction of sp³-hybridized carbons (Fsp3) is 0.667. The first-order valence-electron chi connectivity index (χ1n) is 6.32. The summed E-state index contributed by atoms with van der Waals surface area (Å²) in [5.74, 6) is 0.670. The smallest absolute Gasteiger partial charge is 0.258 e. The van der Waals surface area contributed by atoms with Gasteiger partial charge in [0.15, 0.2) is 5.03 Å². The SMILES string of the molecule is Cc1nc(Cl)nc(SC2CCCC(C)C2)c1[N+](=O)[O-]. The lowest BCUT2D eigenvalue weighted by Gasteiger charge is -2.25. The lowest BCUT2D eigenvalue weighted by atomic mass is 9.91. The molecule has 0 saturated heterocycles. The quantitative estimate of drug-likeness (QED) is 0.365. The second-order valence-corrected chi connectivity index (χ2v) is 6.63. The van der Waals surface area contributed by atoms with Crippen LogP contribution in [0.2, 0.25) is 5.28 Å². The highest BCUT2D eigenvalue weighted by atomic mass is 35.5. The molecule has 0 bridgehead atoms. The Bertz CT molecular complexity index is 498. The Balaban J connectivity index is 2.25. The van der Waals surface area contributed by atoms with Gasteiger partial charge in [-0.2, -0.15) is 0 Å². The molecule has 1 saturated carbocycles.